The number of nitrogens with one attached hydrogen (secondary N) is 2. The van der Waals surface area contributed by atoms with Gasteiger partial charge in [-0.1, -0.05) is 12.1 Å². The summed E-state index contributed by atoms with van der Waals surface area (Å²) in [6, 6.07) is 11.2. The average Bonchev–Trinajstić information content (AvgIpc) is 2.51. The lowest BCUT2D eigenvalue weighted by atomic mass is 10.3. The Bertz CT molecular complexity index is 853. The molecule has 6 nitrogen and oxygen atoms in total. The number of ether oxygens (including phenoxy) is 1. The van der Waals surface area contributed by atoms with Gasteiger partial charge in [-0.3, -0.25) is 9.52 Å². The Morgan fingerprint density at radius 2 is 1.88 bits per heavy atom. The Morgan fingerprint density at radius 3 is 2.50 bits per heavy atom. The maximum atomic E-state index is 12.6. The number of carbonyl (C=O) groups excluding carboxylic acids is 1. The quantitative estimate of drug-likeness (QED) is 0.758. The molecule has 0 bridgehead atoms. The lowest BCUT2D eigenvalue weighted by molar-refractivity contribution is -0.114. The van der Waals surface area contributed by atoms with Crippen LogP contribution in [0.3, 0.4) is 0 Å². The van der Waals surface area contributed by atoms with E-state index in [1.54, 1.807) is 31.2 Å². The lowest BCUT2D eigenvalue weighted by Gasteiger charge is -2.14. The standard InChI is InChI=1S/C16H17BrN2O4S/c1-3-23-16-9-8-12(10-15(16)18-11(2)20)24(21,22)19-14-7-5-4-6-13(14)17/h4-10,19H,3H2,1-2H3,(H,18,20). The number of rotatable bonds is 6. The summed E-state index contributed by atoms with van der Waals surface area (Å²) < 4.78 is 33.7. The summed E-state index contributed by atoms with van der Waals surface area (Å²) in [6.07, 6.45) is 0. The number of amides is 1. The molecule has 2 rings (SSSR count). The molecular weight excluding hydrogens is 396 g/mol. The zero-order chi connectivity index (χ0) is 17.7. The fourth-order valence-corrected chi connectivity index (χ4v) is 3.61. The Labute approximate surface area is 149 Å². The summed E-state index contributed by atoms with van der Waals surface area (Å²) in [5.74, 6) is 0.0943. The van der Waals surface area contributed by atoms with Gasteiger partial charge in [-0.15, -0.1) is 0 Å². The highest BCUT2D eigenvalue weighted by Gasteiger charge is 2.18. The number of benzene rings is 2. The molecule has 2 aromatic rings. The molecule has 0 saturated carbocycles. The summed E-state index contributed by atoms with van der Waals surface area (Å²) in [7, 11) is -3.81. The molecule has 0 aliphatic carbocycles. The van der Waals surface area contributed by atoms with Gasteiger partial charge in [0, 0.05) is 11.4 Å². The van der Waals surface area contributed by atoms with Crippen LogP contribution in [-0.4, -0.2) is 20.9 Å². The van der Waals surface area contributed by atoms with Crippen molar-refractivity contribution in [2.45, 2.75) is 18.7 Å². The number of para-hydroxylation sites is 1. The van der Waals surface area contributed by atoms with Crippen LogP contribution in [0.25, 0.3) is 0 Å². The zero-order valence-corrected chi connectivity index (χ0v) is 15.6. The summed E-state index contributed by atoms with van der Waals surface area (Å²) in [5, 5.41) is 2.58. The topological polar surface area (TPSA) is 84.5 Å². The Hall–Kier alpha value is -2.06. The fraction of sp³-hybridized carbons (Fsp3) is 0.188. The van der Waals surface area contributed by atoms with Crippen LogP contribution in [0, 0.1) is 0 Å². The predicted octanol–water partition coefficient (Wildman–Crippen LogP) is 3.61. The molecule has 0 unspecified atom stereocenters. The van der Waals surface area contributed by atoms with E-state index in [2.05, 4.69) is 26.0 Å². The van der Waals surface area contributed by atoms with Gasteiger partial charge in [-0.05, 0) is 53.2 Å². The summed E-state index contributed by atoms with van der Waals surface area (Å²) in [5.41, 5.74) is 0.729. The minimum Gasteiger partial charge on any atom is -0.492 e. The fourth-order valence-electron chi connectivity index (χ4n) is 1.99. The van der Waals surface area contributed by atoms with Crippen LogP contribution in [0.4, 0.5) is 11.4 Å². The van der Waals surface area contributed by atoms with Gasteiger partial charge in [0.05, 0.1) is 22.9 Å². The Morgan fingerprint density at radius 1 is 1.17 bits per heavy atom. The molecule has 0 atom stereocenters. The van der Waals surface area contributed by atoms with Crippen LogP contribution in [0.2, 0.25) is 0 Å². The van der Waals surface area contributed by atoms with Crippen molar-refractivity contribution in [3.8, 4) is 5.75 Å². The molecule has 0 spiro atoms. The van der Waals surface area contributed by atoms with Gasteiger partial charge in [0.15, 0.2) is 0 Å². The van der Waals surface area contributed by atoms with Crippen LogP contribution in [-0.2, 0) is 14.8 Å². The monoisotopic (exact) mass is 412 g/mol. The second-order valence-corrected chi connectivity index (χ2v) is 7.39. The van der Waals surface area contributed by atoms with E-state index in [0.29, 0.717) is 28.2 Å². The number of hydrogen-bond donors (Lipinski definition) is 2. The van der Waals surface area contributed by atoms with E-state index in [9.17, 15) is 13.2 Å². The first-order chi connectivity index (χ1) is 11.3. The molecule has 0 saturated heterocycles. The van der Waals surface area contributed by atoms with Gasteiger partial charge in [0.25, 0.3) is 10.0 Å². The first-order valence-corrected chi connectivity index (χ1v) is 9.43. The summed E-state index contributed by atoms with van der Waals surface area (Å²) in [4.78, 5) is 11.3. The highest BCUT2D eigenvalue weighted by Crippen LogP contribution is 2.30. The first kappa shape index (κ1) is 18.3. The van der Waals surface area contributed by atoms with Crippen LogP contribution < -0.4 is 14.8 Å². The van der Waals surface area contributed by atoms with Crippen molar-refractivity contribution >= 4 is 43.2 Å². The van der Waals surface area contributed by atoms with E-state index >= 15 is 0 Å². The van der Waals surface area contributed by atoms with Gasteiger partial charge in [-0.25, -0.2) is 8.42 Å². The van der Waals surface area contributed by atoms with Gasteiger partial charge in [-0.2, -0.15) is 0 Å². The van der Waals surface area contributed by atoms with Crippen molar-refractivity contribution in [2.24, 2.45) is 0 Å². The van der Waals surface area contributed by atoms with E-state index in [-0.39, 0.29) is 10.8 Å². The third-order valence-electron chi connectivity index (χ3n) is 2.99. The van der Waals surface area contributed by atoms with E-state index in [1.165, 1.54) is 25.1 Å². The van der Waals surface area contributed by atoms with E-state index in [0.717, 1.165) is 0 Å². The van der Waals surface area contributed by atoms with Crippen LogP contribution in [0.15, 0.2) is 51.8 Å². The van der Waals surface area contributed by atoms with Crippen molar-refractivity contribution in [3.05, 3.63) is 46.9 Å². The third-order valence-corrected chi connectivity index (χ3v) is 5.04. The van der Waals surface area contributed by atoms with Crippen molar-refractivity contribution in [1.82, 2.24) is 0 Å². The largest absolute Gasteiger partial charge is 0.492 e. The molecule has 24 heavy (non-hydrogen) atoms. The lowest BCUT2D eigenvalue weighted by Crippen LogP contribution is -2.15. The molecule has 1 amide bonds. The van der Waals surface area contributed by atoms with Crippen LogP contribution >= 0.6 is 15.9 Å². The van der Waals surface area contributed by atoms with Gasteiger partial charge in [0.1, 0.15) is 5.75 Å². The second kappa shape index (κ2) is 7.67. The zero-order valence-electron chi connectivity index (χ0n) is 13.2. The molecule has 0 aliphatic heterocycles. The van der Waals surface area contributed by atoms with Crippen molar-refractivity contribution in [1.29, 1.82) is 0 Å². The second-order valence-electron chi connectivity index (χ2n) is 4.86. The molecular formula is C16H17BrN2O4S. The van der Waals surface area contributed by atoms with Crippen molar-refractivity contribution in [3.63, 3.8) is 0 Å². The predicted molar refractivity (Wildman–Crippen MR) is 96.9 cm³/mol. The molecule has 0 heterocycles. The maximum absolute atomic E-state index is 12.6. The molecule has 2 N–H and O–H groups in total. The van der Waals surface area contributed by atoms with E-state index in [1.807, 2.05) is 0 Å². The Kier molecular flexibility index (Phi) is 5.84. The van der Waals surface area contributed by atoms with Crippen LogP contribution in [0.5, 0.6) is 5.75 Å². The summed E-state index contributed by atoms with van der Waals surface area (Å²) in [6.45, 7) is 3.54. The average molecular weight is 413 g/mol. The van der Waals surface area contributed by atoms with Crippen LogP contribution in [0.1, 0.15) is 13.8 Å². The number of anilines is 2. The minimum atomic E-state index is -3.81. The highest BCUT2D eigenvalue weighted by atomic mass is 79.9. The summed E-state index contributed by atoms with van der Waals surface area (Å²) >= 11 is 3.30. The first-order valence-electron chi connectivity index (χ1n) is 7.15. The van der Waals surface area contributed by atoms with Gasteiger partial charge >= 0.3 is 0 Å². The van der Waals surface area contributed by atoms with Crippen molar-refractivity contribution < 1.29 is 17.9 Å². The molecule has 0 radical (unpaired) electrons. The molecule has 0 fully saturated rings. The number of halogens is 1. The van der Waals surface area contributed by atoms with Crippen molar-refractivity contribution in [2.75, 3.05) is 16.6 Å². The van der Waals surface area contributed by atoms with Gasteiger partial charge < -0.3 is 10.1 Å². The molecule has 0 aromatic heterocycles. The highest BCUT2D eigenvalue weighted by molar-refractivity contribution is 9.10. The van der Waals surface area contributed by atoms with Gasteiger partial charge in [0.2, 0.25) is 5.91 Å². The minimum absolute atomic E-state index is 0.0189. The SMILES string of the molecule is CCOc1ccc(S(=O)(=O)Nc2ccccc2Br)cc1NC(C)=O. The maximum Gasteiger partial charge on any atom is 0.262 e. The number of sulfonamides is 1. The third kappa shape index (κ3) is 4.48. The number of carbonyl (C=O) groups is 1. The number of hydrogen-bond acceptors (Lipinski definition) is 4. The molecule has 0 aliphatic rings. The normalized spacial score (nSPS) is 11.0. The molecule has 8 heteroatoms. The van der Waals surface area contributed by atoms with E-state index < -0.39 is 10.0 Å². The smallest absolute Gasteiger partial charge is 0.262 e. The molecule has 2 aromatic carbocycles. The molecule has 128 valence electrons. The Balaban J connectivity index is 2.39. The van der Waals surface area contributed by atoms with E-state index in [4.69, 9.17) is 4.74 Å².